The molecule has 0 unspecified atom stereocenters. The Balaban J connectivity index is 3.26. The zero-order valence-corrected chi connectivity index (χ0v) is 7.76. The highest BCUT2D eigenvalue weighted by Crippen LogP contribution is 2.18. The SMILES string of the molecule is O=C(Cl)c1cc(O)cc(C(=O)Cl)c1. The van der Waals surface area contributed by atoms with Crippen LogP contribution in [0, 0.1) is 0 Å². The second-order valence-electron chi connectivity index (χ2n) is 2.32. The van der Waals surface area contributed by atoms with Crippen molar-refractivity contribution < 1.29 is 14.7 Å². The van der Waals surface area contributed by atoms with Crippen molar-refractivity contribution in [1.82, 2.24) is 0 Å². The van der Waals surface area contributed by atoms with Crippen LogP contribution in [0.5, 0.6) is 5.75 Å². The van der Waals surface area contributed by atoms with Gasteiger partial charge in [-0.15, -0.1) is 0 Å². The highest BCUT2D eigenvalue weighted by molar-refractivity contribution is 6.69. The molecule has 68 valence electrons. The lowest BCUT2D eigenvalue weighted by Crippen LogP contribution is -1.94. The van der Waals surface area contributed by atoms with Gasteiger partial charge >= 0.3 is 0 Å². The number of phenolic OH excluding ortho intramolecular Hbond substituents is 1. The van der Waals surface area contributed by atoms with E-state index in [1.54, 1.807) is 0 Å². The Morgan fingerprint density at radius 3 is 1.69 bits per heavy atom. The predicted molar refractivity (Wildman–Crippen MR) is 48.5 cm³/mol. The van der Waals surface area contributed by atoms with E-state index in [1.807, 2.05) is 0 Å². The zero-order chi connectivity index (χ0) is 10.0. The monoisotopic (exact) mass is 218 g/mol. The Bertz CT molecular complexity index is 341. The average Bonchev–Trinajstić information content (AvgIpc) is 2.03. The van der Waals surface area contributed by atoms with Crippen molar-refractivity contribution in [3.05, 3.63) is 29.3 Å². The van der Waals surface area contributed by atoms with Gasteiger partial charge in [0.1, 0.15) is 5.75 Å². The molecule has 0 aliphatic heterocycles. The van der Waals surface area contributed by atoms with Crippen LogP contribution in [0.4, 0.5) is 0 Å². The number of halogens is 2. The van der Waals surface area contributed by atoms with Crippen LogP contribution in [0.15, 0.2) is 18.2 Å². The first kappa shape index (κ1) is 10.0. The van der Waals surface area contributed by atoms with Gasteiger partial charge in [-0.05, 0) is 41.4 Å². The number of aromatic hydroxyl groups is 1. The van der Waals surface area contributed by atoms with Gasteiger partial charge in [0.2, 0.25) is 0 Å². The summed E-state index contributed by atoms with van der Waals surface area (Å²) in [6.45, 7) is 0. The van der Waals surface area contributed by atoms with Gasteiger partial charge in [0, 0.05) is 11.1 Å². The van der Waals surface area contributed by atoms with Crippen LogP contribution in [-0.4, -0.2) is 15.6 Å². The molecular weight excluding hydrogens is 215 g/mol. The van der Waals surface area contributed by atoms with Gasteiger partial charge < -0.3 is 5.11 Å². The number of benzene rings is 1. The molecule has 0 atom stereocenters. The summed E-state index contributed by atoms with van der Waals surface area (Å²) in [7, 11) is 0. The van der Waals surface area contributed by atoms with Gasteiger partial charge in [-0.2, -0.15) is 0 Å². The zero-order valence-electron chi connectivity index (χ0n) is 6.25. The number of carbonyl (C=O) groups excluding carboxylic acids is 2. The molecule has 5 heteroatoms. The third-order valence-corrected chi connectivity index (χ3v) is 1.81. The first-order chi connectivity index (χ1) is 6.00. The van der Waals surface area contributed by atoms with E-state index >= 15 is 0 Å². The molecule has 1 N–H and O–H groups in total. The van der Waals surface area contributed by atoms with Gasteiger partial charge in [-0.3, -0.25) is 9.59 Å². The van der Waals surface area contributed by atoms with E-state index in [-0.39, 0.29) is 16.9 Å². The fraction of sp³-hybridized carbons (Fsp3) is 0. The quantitative estimate of drug-likeness (QED) is 0.775. The smallest absolute Gasteiger partial charge is 0.252 e. The van der Waals surface area contributed by atoms with Crippen LogP contribution in [0.2, 0.25) is 0 Å². The summed E-state index contributed by atoms with van der Waals surface area (Å²) in [6.07, 6.45) is 0. The van der Waals surface area contributed by atoms with E-state index in [2.05, 4.69) is 0 Å². The molecule has 0 fully saturated rings. The van der Waals surface area contributed by atoms with Gasteiger partial charge in [-0.1, -0.05) is 0 Å². The Hall–Kier alpha value is -1.06. The van der Waals surface area contributed by atoms with E-state index in [0.29, 0.717) is 0 Å². The van der Waals surface area contributed by atoms with E-state index < -0.39 is 10.5 Å². The fourth-order valence-corrected chi connectivity index (χ4v) is 1.06. The average molecular weight is 219 g/mol. The Kier molecular flexibility index (Phi) is 2.90. The summed E-state index contributed by atoms with van der Waals surface area (Å²) < 4.78 is 0. The lowest BCUT2D eigenvalue weighted by Gasteiger charge is -1.98. The molecule has 0 saturated carbocycles. The number of hydrogen-bond donors (Lipinski definition) is 1. The topological polar surface area (TPSA) is 54.4 Å². The lowest BCUT2D eigenvalue weighted by atomic mass is 10.1. The minimum absolute atomic E-state index is 0.0330. The number of phenols is 1. The summed E-state index contributed by atoms with van der Waals surface area (Å²) in [5.41, 5.74) is 0.0660. The second-order valence-corrected chi connectivity index (χ2v) is 3.00. The van der Waals surface area contributed by atoms with Gasteiger partial charge in [0.05, 0.1) is 0 Å². The molecule has 0 aliphatic rings. The molecule has 0 spiro atoms. The second kappa shape index (κ2) is 3.77. The molecule has 0 aliphatic carbocycles. The largest absolute Gasteiger partial charge is 0.508 e. The first-order valence-electron chi connectivity index (χ1n) is 3.24. The van der Waals surface area contributed by atoms with Crippen molar-refractivity contribution >= 4 is 33.7 Å². The number of carbonyl (C=O) groups is 2. The minimum Gasteiger partial charge on any atom is -0.508 e. The van der Waals surface area contributed by atoms with Crippen LogP contribution < -0.4 is 0 Å². The van der Waals surface area contributed by atoms with Crippen LogP contribution >= 0.6 is 23.2 Å². The lowest BCUT2D eigenvalue weighted by molar-refractivity contribution is 0.108. The van der Waals surface area contributed by atoms with Crippen molar-refractivity contribution in [2.45, 2.75) is 0 Å². The first-order valence-corrected chi connectivity index (χ1v) is 4.00. The van der Waals surface area contributed by atoms with Gasteiger partial charge in [0.15, 0.2) is 0 Å². The maximum atomic E-state index is 10.7. The molecule has 13 heavy (non-hydrogen) atoms. The summed E-state index contributed by atoms with van der Waals surface area (Å²) in [5.74, 6) is -0.226. The van der Waals surface area contributed by atoms with Crippen molar-refractivity contribution in [3.63, 3.8) is 0 Å². The van der Waals surface area contributed by atoms with Gasteiger partial charge in [-0.25, -0.2) is 0 Å². The van der Waals surface area contributed by atoms with E-state index in [0.717, 1.165) is 12.1 Å². The van der Waals surface area contributed by atoms with Crippen LogP contribution in [-0.2, 0) is 0 Å². The molecular formula is C8H4Cl2O3. The van der Waals surface area contributed by atoms with E-state index in [9.17, 15) is 9.59 Å². The molecule has 0 aromatic heterocycles. The molecule has 1 aromatic carbocycles. The van der Waals surface area contributed by atoms with Crippen LogP contribution in [0.25, 0.3) is 0 Å². The maximum Gasteiger partial charge on any atom is 0.252 e. The van der Waals surface area contributed by atoms with Crippen LogP contribution in [0.1, 0.15) is 20.7 Å². The number of rotatable bonds is 2. The molecule has 0 bridgehead atoms. The van der Waals surface area contributed by atoms with E-state index in [4.69, 9.17) is 28.3 Å². The number of hydrogen-bond acceptors (Lipinski definition) is 3. The van der Waals surface area contributed by atoms with Crippen molar-refractivity contribution in [2.75, 3.05) is 0 Å². The third kappa shape index (κ3) is 2.44. The van der Waals surface area contributed by atoms with Crippen molar-refractivity contribution in [1.29, 1.82) is 0 Å². The summed E-state index contributed by atoms with van der Waals surface area (Å²) in [4.78, 5) is 21.3. The molecule has 0 amide bonds. The third-order valence-electron chi connectivity index (χ3n) is 1.37. The molecule has 0 heterocycles. The van der Waals surface area contributed by atoms with Crippen LogP contribution in [0.3, 0.4) is 0 Å². The molecule has 1 rings (SSSR count). The molecule has 1 aromatic rings. The minimum atomic E-state index is -0.755. The van der Waals surface area contributed by atoms with Crippen molar-refractivity contribution in [2.24, 2.45) is 0 Å². The maximum absolute atomic E-state index is 10.7. The molecule has 0 saturated heterocycles. The molecule has 0 radical (unpaired) electrons. The molecule has 3 nitrogen and oxygen atoms in total. The Labute approximate surface area is 83.9 Å². The summed E-state index contributed by atoms with van der Waals surface area (Å²) in [6, 6.07) is 3.52. The standard InChI is InChI=1S/C8H4Cl2O3/c9-7(12)4-1-5(8(10)13)3-6(11)2-4/h1-3,11H. The van der Waals surface area contributed by atoms with E-state index in [1.165, 1.54) is 6.07 Å². The summed E-state index contributed by atoms with van der Waals surface area (Å²) >= 11 is 10.3. The predicted octanol–water partition coefficient (Wildman–Crippen LogP) is 2.15. The normalized spacial score (nSPS) is 9.69. The van der Waals surface area contributed by atoms with Gasteiger partial charge in [0.25, 0.3) is 10.5 Å². The van der Waals surface area contributed by atoms with Crippen molar-refractivity contribution in [3.8, 4) is 5.75 Å². The highest BCUT2D eigenvalue weighted by Gasteiger charge is 2.09. The Morgan fingerprint density at radius 1 is 1.00 bits per heavy atom. The Morgan fingerprint density at radius 2 is 1.38 bits per heavy atom. The highest BCUT2D eigenvalue weighted by atomic mass is 35.5. The fourth-order valence-electron chi connectivity index (χ4n) is 0.838. The summed E-state index contributed by atoms with van der Waals surface area (Å²) in [5, 5.41) is 7.56.